The lowest BCUT2D eigenvalue weighted by molar-refractivity contribution is -0.126. The molecule has 0 bridgehead atoms. The molecule has 27 heavy (non-hydrogen) atoms. The number of hydrogen-bond donors (Lipinski definition) is 3. The van der Waals surface area contributed by atoms with E-state index in [1.165, 1.54) is 6.07 Å². The molecule has 1 amide bonds. The van der Waals surface area contributed by atoms with Gasteiger partial charge in [-0.15, -0.1) is 24.8 Å². The van der Waals surface area contributed by atoms with E-state index in [0.29, 0.717) is 5.65 Å². The maximum absolute atomic E-state index is 12.6. The number of H-pyrrole nitrogens is 1. The first kappa shape index (κ1) is 22.7. The van der Waals surface area contributed by atoms with Gasteiger partial charge in [0.05, 0.1) is 0 Å². The van der Waals surface area contributed by atoms with E-state index < -0.39 is 5.54 Å². The molecule has 0 aliphatic rings. The molecule has 0 aliphatic carbocycles. The quantitative estimate of drug-likeness (QED) is 0.609. The average Bonchev–Trinajstić information content (AvgIpc) is 2.95. The number of amides is 1. The van der Waals surface area contributed by atoms with E-state index in [0.717, 1.165) is 22.5 Å². The molecule has 4 N–H and O–H groups in total. The summed E-state index contributed by atoms with van der Waals surface area (Å²) in [5.41, 5.74) is 8.61. The van der Waals surface area contributed by atoms with Crippen molar-refractivity contribution in [3.05, 3.63) is 69.3 Å². The molecule has 0 saturated heterocycles. The first-order chi connectivity index (χ1) is 11.8. The Morgan fingerprint density at radius 1 is 1.26 bits per heavy atom. The molecule has 3 rings (SSSR count). The second-order valence-electron chi connectivity index (χ2n) is 6.33. The molecule has 0 spiro atoms. The second kappa shape index (κ2) is 8.56. The van der Waals surface area contributed by atoms with Crippen LogP contribution in [0.4, 0.5) is 0 Å². The number of benzene rings is 1. The van der Waals surface area contributed by atoms with Crippen molar-refractivity contribution in [2.75, 3.05) is 0 Å². The van der Waals surface area contributed by atoms with Crippen molar-refractivity contribution in [2.45, 2.75) is 32.9 Å². The van der Waals surface area contributed by atoms with Crippen LogP contribution in [0.1, 0.15) is 29.4 Å². The van der Waals surface area contributed by atoms with Crippen molar-refractivity contribution >= 4 is 36.4 Å². The standard InChI is InChI=1S/C18H21N5O2.2ClH/c1-11-14(12(2)23-15(21-11)9-16(24)22-23)10-20-17(25)18(3,19)13-7-5-4-6-8-13;;/h4-9H,10,19H2,1-3H3,(H,20,25)(H,22,24);2*1H. The Hall–Kier alpha value is -2.35. The Bertz CT molecular complexity index is 996. The van der Waals surface area contributed by atoms with Gasteiger partial charge in [-0.2, -0.15) is 0 Å². The van der Waals surface area contributed by atoms with Crippen molar-refractivity contribution in [1.29, 1.82) is 0 Å². The van der Waals surface area contributed by atoms with Gasteiger partial charge in [0.2, 0.25) is 5.91 Å². The highest BCUT2D eigenvalue weighted by molar-refractivity contribution is 5.87. The number of rotatable bonds is 4. The fourth-order valence-corrected chi connectivity index (χ4v) is 2.88. The van der Waals surface area contributed by atoms with Crippen LogP contribution in [0.15, 0.2) is 41.2 Å². The van der Waals surface area contributed by atoms with E-state index >= 15 is 0 Å². The minimum Gasteiger partial charge on any atom is -0.350 e. The molecule has 0 radical (unpaired) electrons. The third-order valence-corrected chi connectivity index (χ3v) is 4.47. The molecular formula is C18H23Cl2N5O2. The summed E-state index contributed by atoms with van der Waals surface area (Å²) in [5.74, 6) is -0.279. The van der Waals surface area contributed by atoms with Crippen molar-refractivity contribution in [3.63, 3.8) is 0 Å². The lowest BCUT2D eigenvalue weighted by Crippen LogP contribution is -2.48. The summed E-state index contributed by atoms with van der Waals surface area (Å²) < 4.78 is 1.62. The Morgan fingerprint density at radius 2 is 1.89 bits per heavy atom. The minimum absolute atomic E-state index is 0. The lowest BCUT2D eigenvalue weighted by Gasteiger charge is -2.24. The van der Waals surface area contributed by atoms with Gasteiger partial charge in [0.15, 0.2) is 5.65 Å². The molecule has 1 atom stereocenters. The number of fused-ring (bicyclic) bond motifs is 1. The SMILES string of the molecule is Cc1nc2cc(=O)[nH]n2c(C)c1CNC(=O)C(C)(N)c1ccccc1.Cl.Cl. The Labute approximate surface area is 169 Å². The van der Waals surface area contributed by atoms with Crippen molar-refractivity contribution in [2.24, 2.45) is 5.73 Å². The van der Waals surface area contributed by atoms with Gasteiger partial charge in [0.25, 0.3) is 5.56 Å². The predicted molar refractivity (Wildman–Crippen MR) is 110 cm³/mol. The summed E-state index contributed by atoms with van der Waals surface area (Å²) in [6, 6.07) is 10.7. The van der Waals surface area contributed by atoms with Gasteiger partial charge in [0, 0.05) is 29.6 Å². The third kappa shape index (κ3) is 4.32. The fourth-order valence-electron chi connectivity index (χ4n) is 2.88. The van der Waals surface area contributed by atoms with Crippen LogP contribution in [0, 0.1) is 13.8 Å². The van der Waals surface area contributed by atoms with Crippen LogP contribution < -0.4 is 16.6 Å². The summed E-state index contributed by atoms with van der Waals surface area (Å²) in [6.07, 6.45) is 0. The highest BCUT2D eigenvalue weighted by Crippen LogP contribution is 2.18. The van der Waals surface area contributed by atoms with Gasteiger partial charge in [-0.1, -0.05) is 30.3 Å². The molecule has 146 valence electrons. The monoisotopic (exact) mass is 411 g/mol. The lowest BCUT2D eigenvalue weighted by atomic mass is 9.92. The molecule has 0 fully saturated rings. The Kier molecular flexibility index (Phi) is 7.19. The highest BCUT2D eigenvalue weighted by atomic mass is 35.5. The summed E-state index contributed by atoms with van der Waals surface area (Å²) in [7, 11) is 0. The van der Waals surface area contributed by atoms with Crippen LogP contribution in [0.3, 0.4) is 0 Å². The molecule has 1 unspecified atom stereocenters. The van der Waals surface area contributed by atoms with Crippen LogP contribution in [-0.4, -0.2) is 20.5 Å². The number of nitrogens with one attached hydrogen (secondary N) is 2. The number of nitrogens with zero attached hydrogens (tertiary/aromatic N) is 2. The number of halogens is 2. The number of carbonyl (C=O) groups is 1. The molecular weight excluding hydrogens is 389 g/mol. The van der Waals surface area contributed by atoms with Crippen LogP contribution in [0.2, 0.25) is 0 Å². The topological polar surface area (TPSA) is 105 Å². The van der Waals surface area contributed by atoms with Gasteiger partial charge in [-0.3, -0.25) is 14.7 Å². The van der Waals surface area contributed by atoms with Gasteiger partial charge < -0.3 is 11.1 Å². The zero-order valence-corrected chi connectivity index (χ0v) is 16.9. The van der Waals surface area contributed by atoms with E-state index in [-0.39, 0.29) is 42.8 Å². The molecule has 2 aromatic heterocycles. The number of aryl methyl sites for hydroxylation is 2. The number of aromatic amines is 1. The third-order valence-electron chi connectivity index (χ3n) is 4.47. The normalized spacial score (nSPS) is 12.6. The molecule has 0 saturated carbocycles. The van der Waals surface area contributed by atoms with Crippen LogP contribution in [0.5, 0.6) is 0 Å². The average molecular weight is 412 g/mol. The number of nitrogens with two attached hydrogens (primary N) is 1. The van der Waals surface area contributed by atoms with Gasteiger partial charge in [-0.05, 0) is 26.3 Å². The van der Waals surface area contributed by atoms with Crippen LogP contribution in [0.25, 0.3) is 5.65 Å². The van der Waals surface area contributed by atoms with Crippen molar-refractivity contribution in [1.82, 2.24) is 19.9 Å². The maximum Gasteiger partial charge on any atom is 0.266 e. The smallest absolute Gasteiger partial charge is 0.266 e. The zero-order valence-electron chi connectivity index (χ0n) is 15.3. The van der Waals surface area contributed by atoms with E-state index in [4.69, 9.17) is 5.73 Å². The fraction of sp³-hybridized carbons (Fsp3) is 0.278. The van der Waals surface area contributed by atoms with Crippen molar-refractivity contribution < 1.29 is 4.79 Å². The van der Waals surface area contributed by atoms with Crippen LogP contribution in [-0.2, 0) is 16.9 Å². The number of hydrogen-bond acceptors (Lipinski definition) is 4. The molecule has 7 nitrogen and oxygen atoms in total. The predicted octanol–water partition coefficient (Wildman–Crippen LogP) is 1.97. The minimum atomic E-state index is -1.14. The molecule has 1 aromatic carbocycles. The Balaban J connectivity index is 0.00000182. The largest absolute Gasteiger partial charge is 0.350 e. The van der Waals surface area contributed by atoms with Gasteiger partial charge in [0.1, 0.15) is 5.54 Å². The number of carbonyl (C=O) groups excluding carboxylic acids is 1. The molecule has 3 aromatic rings. The van der Waals surface area contributed by atoms with E-state index in [1.807, 2.05) is 44.2 Å². The van der Waals surface area contributed by atoms with Gasteiger partial charge in [-0.25, -0.2) is 9.50 Å². The molecule has 2 heterocycles. The first-order valence-corrected chi connectivity index (χ1v) is 8.01. The number of aromatic nitrogens is 3. The summed E-state index contributed by atoms with van der Waals surface area (Å²) in [4.78, 5) is 28.5. The van der Waals surface area contributed by atoms with Crippen LogP contribution >= 0.6 is 24.8 Å². The molecule has 0 aliphatic heterocycles. The van der Waals surface area contributed by atoms with E-state index in [1.54, 1.807) is 11.4 Å². The molecule has 9 heteroatoms. The first-order valence-electron chi connectivity index (χ1n) is 8.01. The Morgan fingerprint density at radius 3 is 2.52 bits per heavy atom. The van der Waals surface area contributed by atoms with E-state index in [9.17, 15) is 9.59 Å². The van der Waals surface area contributed by atoms with Crippen molar-refractivity contribution in [3.8, 4) is 0 Å². The summed E-state index contributed by atoms with van der Waals surface area (Å²) in [6.45, 7) is 5.68. The zero-order chi connectivity index (χ0) is 18.2. The van der Waals surface area contributed by atoms with Gasteiger partial charge >= 0.3 is 0 Å². The highest BCUT2D eigenvalue weighted by Gasteiger charge is 2.30. The maximum atomic E-state index is 12.6. The van der Waals surface area contributed by atoms with E-state index in [2.05, 4.69) is 15.4 Å². The summed E-state index contributed by atoms with van der Waals surface area (Å²) >= 11 is 0. The second-order valence-corrected chi connectivity index (χ2v) is 6.33. The summed E-state index contributed by atoms with van der Waals surface area (Å²) in [5, 5.41) is 5.58.